The monoisotopic (exact) mass is 217 g/mol. The first-order chi connectivity index (χ1) is 7.69. The maximum atomic E-state index is 10.8. The minimum absolute atomic E-state index is 0.0719. The van der Waals surface area contributed by atoms with Gasteiger partial charge in [0, 0.05) is 12.3 Å². The van der Waals surface area contributed by atoms with Crippen LogP contribution in [-0.4, -0.2) is 17.0 Å². The summed E-state index contributed by atoms with van der Waals surface area (Å²) in [5.41, 5.74) is 0.564. The van der Waals surface area contributed by atoms with Gasteiger partial charge in [0.25, 0.3) is 5.69 Å². The van der Waals surface area contributed by atoms with Crippen LogP contribution in [0.1, 0.15) is 5.56 Å². The molecule has 16 heavy (non-hydrogen) atoms. The molecule has 0 bridgehead atoms. The molecular weight excluding hydrogens is 210 g/mol. The Morgan fingerprint density at radius 2 is 2.31 bits per heavy atom. The van der Waals surface area contributed by atoms with Crippen LogP contribution >= 0.6 is 0 Å². The number of non-ortho nitro benzene ring substituents is 1. The molecule has 0 aliphatic rings. The zero-order valence-electron chi connectivity index (χ0n) is 8.35. The van der Waals surface area contributed by atoms with Gasteiger partial charge in [0.1, 0.15) is 17.3 Å². The number of nitro benzene ring substituents is 1. The Bertz CT molecular complexity index is 610. The molecular formula is C10H7N3O3. The number of methoxy groups -OCH3 is 1. The molecule has 1 N–H and O–H groups in total. The van der Waals surface area contributed by atoms with E-state index in [0.29, 0.717) is 22.2 Å². The van der Waals surface area contributed by atoms with Crippen LogP contribution in [0.15, 0.2) is 18.3 Å². The number of ether oxygens (including phenoxy) is 1. The first-order valence-electron chi connectivity index (χ1n) is 4.41. The molecule has 1 heterocycles. The van der Waals surface area contributed by atoms with Gasteiger partial charge in [-0.15, -0.1) is 0 Å². The highest BCUT2D eigenvalue weighted by molar-refractivity contribution is 5.97. The summed E-state index contributed by atoms with van der Waals surface area (Å²) in [6.07, 6.45) is 1.43. The van der Waals surface area contributed by atoms with Crippen LogP contribution in [0.3, 0.4) is 0 Å². The fourth-order valence-electron chi connectivity index (χ4n) is 1.61. The van der Waals surface area contributed by atoms with Crippen molar-refractivity contribution in [2.24, 2.45) is 0 Å². The molecule has 0 saturated heterocycles. The molecule has 80 valence electrons. The van der Waals surface area contributed by atoms with Crippen molar-refractivity contribution in [1.29, 1.82) is 5.26 Å². The predicted molar refractivity (Wildman–Crippen MR) is 56.2 cm³/mol. The summed E-state index contributed by atoms with van der Waals surface area (Å²) >= 11 is 0. The lowest BCUT2D eigenvalue weighted by atomic mass is 10.1. The maximum absolute atomic E-state index is 10.8. The lowest BCUT2D eigenvalue weighted by Crippen LogP contribution is -1.91. The second-order valence-electron chi connectivity index (χ2n) is 3.11. The molecule has 0 fully saturated rings. The van der Waals surface area contributed by atoms with E-state index in [1.165, 1.54) is 25.4 Å². The number of nitrogens with zero attached hydrogens (tertiary/aromatic N) is 2. The van der Waals surface area contributed by atoms with Gasteiger partial charge in [-0.1, -0.05) is 0 Å². The minimum Gasteiger partial charge on any atom is -0.496 e. The quantitative estimate of drug-likeness (QED) is 0.614. The second kappa shape index (κ2) is 3.55. The zero-order valence-corrected chi connectivity index (χ0v) is 8.35. The molecule has 0 saturated carbocycles. The molecule has 0 aliphatic heterocycles. The topological polar surface area (TPSA) is 91.9 Å². The Balaban J connectivity index is 2.89. The van der Waals surface area contributed by atoms with Crippen LogP contribution in [0.2, 0.25) is 0 Å². The number of aromatic amines is 1. The molecule has 2 aromatic rings. The number of nitrogens with one attached hydrogen (secondary N) is 1. The second-order valence-corrected chi connectivity index (χ2v) is 3.11. The Kier molecular flexibility index (Phi) is 2.21. The van der Waals surface area contributed by atoms with Gasteiger partial charge in [0.05, 0.1) is 23.0 Å². The molecule has 0 unspecified atom stereocenters. The predicted octanol–water partition coefficient (Wildman–Crippen LogP) is 1.96. The van der Waals surface area contributed by atoms with Crippen LogP contribution in [0, 0.1) is 21.4 Å². The average molecular weight is 217 g/mol. The number of benzene rings is 1. The SMILES string of the molecule is COc1ccc([N+](=O)[O-])c2[nH]cc(C#N)c12. The third-order valence-electron chi connectivity index (χ3n) is 2.31. The molecule has 1 aromatic heterocycles. The van der Waals surface area contributed by atoms with Gasteiger partial charge in [-0.25, -0.2) is 0 Å². The molecule has 0 spiro atoms. The van der Waals surface area contributed by atoms with Crippen molar-refractivity contribution < 1.29 is 9.66 Å². The van der Waals surface area contributed by atoms with E-state index < -0.39 is 4.92 Å². The molecule has 0 aliphatic carbocycles. The standard InChI is InChI=1S/C10H7N3O3/c1-16-8-3-2-7(13(14)15)10-9(8)6(4-11)5-12-10/h2-3,5,12H,1H3. The summed E-state index contributed by atoms with van der Waals surface area (Å²) in [5, 5.41) is 20.1. The highest BCUT2D eigenvalue weighted by atomic mass is 16.6. The number of fused-ring (bicyclic) bond motifs is 1. The summed E-state index contributed by atoms with van der Waals surface area (Å²) in [6.45, 7) is 0. The van der Waals surface area contributed by atoms with Crippen molar-refractivity contribution in [3.8, 4) is 11.8 Å². The number of hydrogen-bond donors (Lipinski definition) is 1. The Labute approximate surface area is 90.2 Å². The van der Waals surface area contributed by atoms with Crippen molar-refractivity contribution in [3.63, 3.8) is 0 Å². The number of hydrogen-bond acceptors (Lipinski definition) is 4. The molecule has 2 rings (SSSR count). The third-order valence-corrected chi connectivity index (χ3v) is 2.31. The number of nitro groups is 1. The largest absolute Gasteiger partial charge is 0.496 e. The van der Waals surface area contributed by atoms with Crippen LogP contribution in [0.4, 0.5) is 5.69 Å². The van der Waals surface area contributed by atoms with Crippen LogP contribution in [0.25, 0.3) is 10.9 Å². The molecule has 6 nitrogen and oxygen atoms in total. The number of rotatable bonds is 2. The maximum Gasteiger partial charge on any atom is 0.293 e. The van der Waals surface area contributed by atoms with Crippen LogP contribution in [0.5, 0.6) is 5.75 Å². The Morgan fingerprint density at radius 1 is 1.56 bits per heavy atom. The highest BCUT2D eigenvalue weighted by Gasteiger charge is 2.19. The van der Waals surface area contributed by atoms with Gasteiger partial charge in [0.2, 0.25) is 0 Å². The van der Waals surface area contributed by atoms with Gasteiger partial charge < -0.3 is 9.72 Å². The lowest BCUT2D eigenvalue weighted by Gasteiger charge is -2.02. The molecule has 1 aromatic carbocycles. The van der Waals surface area contributed by atoms with Crippen LogP contribution < -0.4 is 4.74 Å². The highest BCUT2D eigenvalue weighted by Crippen LogP contribution is 2.34. The molecule has 0 amide bonds. The lowest BCUT2D eigenvalue weighted by molar-refractivity contribution is -0.383. The number of nitriles is 1. The van der Waals surface area contributed by atoms with E-state index in [9.17, 15) is 10.1 Å². The van der Waals surface area contributed by atoms with Crippen molar-refractivity contribution in [1.82, 2.24) is 4.98 Å². The van der Waals surface area contributed by atoms with Gasteiger partial charge in [-0.2, -0.15) is 5.26 Å². The fourth-order valence-corrected chi connectivity index (χ4v) is 1.61. The van der Waals surface area contributed by atoms with Crippen molar-refractivity contribution in [3.05, 3.63) is 34.0 Å². The summed E-state index contributed by atoms with van der Waals surface area (Å²) in [4.78, 5) is 13.0. The summed E-state index contributed by atoms with van der Waals surface area (Å²) in [7, 11) is 1.45. The molecule has 6 heteroatoms. The van der Waals surface area contributed by atoms with Gasteiger partial charge in [-0.05, 0) is 6.07 Å². The van der Waals surface area contributed by atoms with Gasteiger partial charge >= 0.3 is 0 Å². The fraction of sp³-hybridized carbons (Fsp3) is 0.100. The molecule has 0 atom stereocenters. The van der Waals surface area contributed by atoms with E-state index in [1.807, 2.05) is 6.07 Å². The Hall–Kier alpha value is -2.55. The van der Waals surface area contributed by atoms with Gasteiger partial charge in [0.15, 0.2) is 0 Å². The number of aromatic nitrogens is 1. The van der Waals surface area contributed by atoms with Crippen molar-refractivity contribution >= 4 is 16.6 Å². The van der Waals surface area contributed by atoms with E-state index in [0.717, 1.165) is 0 Å². The van der Waals surface area contributed by atoms with E-state index in [-0.39, 0.29) is 5.69 Å². The van der Waals surface area contributed by atoms with Crippen molar-refractivity contribution in [2.75, 3.05) is 7.11 Å². The zero-order chi connectivity index (χ0) is 11.7. The normalized spacial score (nSPS) is 10.0. The van der Waals surface area contributed by atoms with Gasteiger partial charge in [-0.3, -0.25) is 10.1 Å². The van der Waals surface area contributed by atoms with Crippen molar-refractivity contribution in [2.45, 2.75) is 0 Å². The number of H-pyrrole nitrogens is 1. The smallest absolute Gasteiger partial charge is 0.293 e. The average Bonchev–Trinajstić information content (AvgIpc) is 2.71. The summed E-state index contributed by atoms with van der Waals surface area (Å²) in [6, 6.07) is 4.78. The summed E-state index contributed by atoms with van der Waals surface area (Å²) in [5.74, 6) is 0.443. The first-order valence-corrected chi connectivity index (χ1v) is 4.41. The first kappa shape index (κ1) is 9.98. The van der Waals surface area contributed by atoms with E-state index in [1.54, 1.807) is 0 Å². The minimum atomic E-state index is -0.501. The van der Waals surface area contributed by atoms with E-state index >= 15 is 0 Å². The molecule has 0 radical (unpaired) electrons. The van der Waals surface area contributed by atoms with Crippen LogP contribution in [-0.2, 0) is 0 Å². The summed E-state index contributed by atoms with van der Waals surface area (Å²) < 4.78 is 5.07. The third kappa shape index (κ3) is 1.26. The van der Waals surface area contributed by atoms with E-state index in [4.69, 9.17) is 10.00 Å². The Morgan fingerprint density at radius 3 is 2.88 bits per heavy atom. The van der Waals surface area contributed by atoms with E-state index in [2.05, 4.69) is 4.98 Å².